The molecule has 2 N–H and O–H groups in total. The highest BCUT2D eigenvalue weighted by Crippen LogP contribution is 2.18. The van der Waals surface area contributed by atoms with Gasteiger partial charge in [-0.3, -0.25) is 0 Å². The van der Waals surface area contributed by atoms with Gasteiger partial charge < -0.3 is 14.5 Å². The van der Waals surface area contributed by atoms with Gasteiger partial charge in [0.1, 0.15) is 0 Å². The number of hydrogen-bond acceptors (Lipinski definition) is 3. The fraction of sp³-hybridized carbons (Fsp3) is 0.200. The van der Waals surface area contributed by atoms with Crippen molar-refractivity contribution in [2.75, 3.05) is 0 Å². The Kier molecular flexibility index (Phi) is 2.29. The van der Waals surface area contributed by atoms with E-state index >= 15 is 0 Å². The van der Waals surface area contributed by atoms with Gasteiger partial charge in [-0.15, -0.1) is 0 Å². The summed E-state index contributed by atoms with van der Waals surface area (Å²) in [5, 5.41) is 8.89. The first-order valence-corrected chi connectivity index (χ1v) is 4.58. The Hall–Kier alpha value is -2.04. The minimum atomic E-state index is -1.03. The van der Waals surface area contributed by atoms with Crippen molar-refractivity contribution >= 4 is 5.97 Å². The summed E-state index contributed by atoms with van der Waals surface area (Å²) in [6.45, 7) is 1.87. The van der Waals surface area contributed by atoms with Crippen molar-refractivity contribution in [1.29, 1.82) is 0 Å². The summed E-state index contributed by atoms with van der Waals surface area (Å²) in [4.78, 5) is 17.8. The summed E-state index contributed by atoms with van der Waals surface area (Å²) in [7, 11) is 0. The van der Waals surface area contributed by atoms with Gasteiger partial charge in [0.05, 0.1) is 6.26 Å². The van der Waals surface area contributed by atoms with Gasteiger partial charge in [-0.1, -0.05) is 6.92 Å². The molecule has 2 aromatic rings. The Morgan fingerprint density at radius 2 is 2.47 bits per heavy atom. The van der Waals surface area contributed by atoms with E-state index in [4.69, 9.17) is 9.52 Å². The van der Waals surface area contributed by atoms with Crippen LogP contribution in [0.25, 0.3) is 11.6 Å². The zero-order valence-electron chi connectivity index (χ0n) is 8.15. The molecule has 0 fully saturated rings. The number of aryl methyl sites for hydroxylation is 1. The normalized spacial score (nSPS) is 10.5. The minimum absolute atomic E-state index is 0.0592. The molecule has 0 spiro atoms. The maximum atomic E-state index is 10.9. The smallest absolute Gasteiger partial charge is 0.356 e. The maximum absolute atomic E-state index is 10.9. The topological polar surface area (TPSA) is 79.1 Å². The van der Waals surface area contributed by atoms with Crippen molar-refractivity contribution in [3.05, 3.63) is 29.8 Å². The summed E-state index contributed by atoms with van der Waals surface area (Å²) in [6, 6.07) is 3.45. The molecule has 0 aliphatic rings. The average Bonchev–Trinajstić information content (AvgIpc) is 2.86. The molecule has 0 aromatic carbocycles. The molecule has 0 aliphatic carbocycles. The van der Waals surface area contributed by atoms with Gasteiger partial charge >= 0.3 is 5.97 Å². The average molecular weight is 206 g/mol. The zero-order valence-corrected chi connectivity index (χ0v) is 8.15. The fourth-order valence-electron chi connectivity index (χ4n) is 1.37. The highest BCUT2D eigenvalue weighted by Gasteiger charge is 2.16. The summed E-state index contributed by atoms with van der Waals surface area (Å²) in [6.07, 6.45) is 2.11. The van der Waals surface area contributed by atoms with E-state index in [1.807, 2.05) is 6.92 Å². The molecule has 2 heterocycles. The molecule has 5 heteroatoms. The van der Waals surface area contributed by atoms with E-state index in [0.717, 1.165) is 0 Å². The molecule has 5 nitrogen and oxygen atoms in total. The molecule has 2 aromatic heterocycles. The Balaban J connectivity index is 2.48. The van der Waals surface area contributed by atoms with Crippen molar-refractivity contribution in [2.24, 2.45) is 0 Å². The number of carboxylic acids is 1. The van der Waals surface area contributed by atoms with Crippen molar-refractivity contribution in [3.8, 4) is 11.6 Å². The number of imidazole rings is 1. The molecule has 0 saturated carbocycles. The highest BCUT2D eigenvalue weighted by molar-refractivity contribution is 5.87. The second-order valence-electron chi connectivity index (χ2n) is 3.05. The first-order chi connectivity index (χ1) is 7.22. The number of aromatic amines is 1. The van der Waals surface area contributed by atoms with Crippen LogP contribution in [0.15, 0.2) is 22.8 Å². The molecule has 0 aliphatic heterocycles. The monoisotopic (exact) mass is 206 g/mol. The van der Waals surface area contributed by atoms with Crippen molar-refractivity contribution < 1.29 is 14.3 Å². The minimum Gasteiger partial charge on any atom is -0.476 e. The van der Waals surface area contributed by atoms with Crippen molar-refractivity contribution in [3.63, 3.8) is 0 Å². The number of aromatic carboxylic acids is 1. The largest absolute Gasteiger partial charge is 0.476 e. The number of nitrogens with one attached hydrogen (secondary N) is 1. The number of carboxylic acid groups (broad SMARTS) is 1. The van der Waals surface area contributed by atoms with Crippen LogP contribution in [0.5, 0.6) is 0 Å². The third-order valence-electron chi connectivity index (χ3n) is 2.09. The first kappa shape index (κ1) is 9.51. The Morgan fingerprint density at radius 1 is 1.67 bits per heavy atom. The second-order valence-corrected chi connectivity index (χ2v) is 3.05. The predicted molar refractivity (Wildman–Crippen MR) is 52.6 cm³/mol. The van der Waals surface area contributed by atoms with E-state index in [2.05, 4.69) is 9.97 Å². The molecule has 0 atom stereocenters. The second kappa shape index (κ2) is 3.61. The summed E-state index contributed by atoms with van der Waals surface area (Å²) >= 11 is 0. The van der Waals surface area contributed by atoms with E-state index in [9.17, 15) is 4.79 Å². The van der Waals surface area contributed by atoms with Crippen LogP contribution in [-0.2, 0) is 6.42 Å². The summed E-state index contributed by atoms with van der Waals surface area (Å²) < 4.78 is 5.13. The van der Waals surface area contributed by atoms with Gasteiger partial charge in [0.15, 0.2) is 17.3 Å². The number of hydrogen-bond donors (Lipinski definition) is 2. The number of H-pyrrole nitrogens is 1. The lowest BCUT2D eigenvalue weighted by Gasteiger charge is -1.90. The SMILES string of the molecule is CCc1[nH]c(-c2ccco2)nc1C(=O)O. The van der Waals surface area contributed by atoms with Crippen LogP contribution in [0.2, 0.25) is 0 Å². The van der Waals surface area contributed by atoms with Gasteiger partial charge in [-0.25, -0.2) is 9.78 Å². The molecule has 15 heavy (non-hydrogen) atoms. The fourth-order valence-corrected chi connectivity index (χ4v) is 1.37. The van der Waals surface area contributed by atoms with Crippen LogP contribution in [0.3, 0.4) is 0 Å². The van der Waals surface area contributed by atoms with Crippen LogP contribution in [0.1, 0.15) is 23.1 Å². The molecule has 0 radical (unpaired) electrons. The molecular weight excluding hydrogens is 196 g/mol. The Bertz CT molecular complexity index is 471. The lowest BCUT2D eigenvalue weighted by molar-refractivity contribution is 0.0690. The van der Waals surface area contributed by atoms with Crippen LogP contribution in [0.4, 0.5) is 0 Å². The van der Waals surface area contributed by atoms with Gasteiger partial charge in [-0.05, 0) is 18.6 Å². The zero-order chi connectivity index (χ0) is 10.8. The number of rotatable bonds is 3. The van der Waals surface area contributed by atoms with Crippen molar-refractivity contribution in [1.82, 2.24) is 9.97 Å². The number of furan rings is 1. The summed E-state index contributed by atoms with van der Waals surface area (Å²) in [5.41, 5.74) is 0.665. The van der Waals surface area contributed by atoms with E-state index in [0.29, 0.717) is 23.7 Å². The van der Waals surface area contributed by atoms with E-state index in [1.54, 1.807) is 12.1 Å². The number of aromatic nitrogens is 2. The van der Waals surface area contributed by atoms with Gasteiger partial charge in [0, 0.05) is 5.69 Å². The molecule has 0 bridgehead atoms. The van der Waals surface area contributed by atoms with Gasteiger partial charge in [0.25, 0.3) is 0 Å². The Labute approximate surface area is 85.8 Å². The van der Waals surface area contributed by atoms with Crippen LogP contribution in [-0.4, -0.2) is 21.0 Å². The quantitative estimate of drug-likeness (QED) is 0.804. The van der Waals surface area contributed by atoms with Crippen LogP contribution < -0.4 is 0 Å². The number of nitrogens with zero attached hydrogens (tertiary/aromatic N) is 1. The lowest BCUT2D eigenvalue weighted by Crippen LogP contribution is -2.00. The molecule has 78 valence electrons. The van der Waals surface area contributed by atoms with Crippen LogP contribution in [0, 0.1) is 0 Å². The lowest BCUT2D eigenvalue weighted by atomic mass is 10.3. The molecule has 0 saturated heterocycles. The molecule has 0 amide bonds. The first-order valence-electron chi connectivity index (χ1n) is 4.58. The standard InChI is InChI=1S/C10H10N2O3/c1-2-6-8(10(13)14)12-9(11-6)7-4-3-5-15-7/h3-5H,2H2,1H3,(H,11,12)(H,13,14). The third-order valence-corrected chi connectivity index (χ3v) is 2.09. The molecule has 0 unspecified atom stereocenters. The maximum Gasteiger partial charge on any atom is 0.356 e. The van der Waals surface area contributed by atoms with Gasteiger partial charge in [-0.2, -0.15) is 0 Å². The highest BCUT2D eigenvalue weighted by atomic mass is 16.4. The predicted octanol–water partition coefficient (Wildman–Crippen LogP) is 1.93. The molecular formula is C10H10N2O3. The van der Waals surface area contributed by atoms with E-state index in [1.165, 1.54) is 6.26 Å². The number of carbonyl (C=O) groups is 1. The molecule has 2 rings (SSSR count). The Morgan fingerprint density at radius 3 is 2.93 bits per heavy atom. The third kappa shape index (κ3) is 1.63. The van der Waals surface area contributed by atoms with E-state index in [-0.39, 0.29) is 5.69 Å². The van der Waals surface area contributed by atoms with E-state index < -0.39 is 5.97 Å². The summed E-state index contributed by atoms with van der Waals surface area (Å²) in [5.74, 6) is -0.0349. The van der Waals surface area contributed by atoms with Crippen molar-refractivity contribution in [2.45, 2.75) is 13.3 Å². The van der Waals surface area contributed by atoms with Gasteiger partial charge in [0.2, 0.25) is 0 Å². The van der Waals surface area contributed by atoms with Crippen LogP contribution >= 0.6 is 0 Å².